The van der Waals surface area contributed by atoms with Crippen molar-refractivity contribution in [3.63, 3.8) is 0 Å². The second-order valence-corrected chi connectivity index (χ2v) is 6.06. The average Bonchev–Trinajstić information content (AvgIpc) is 2.46. The molecule has 0 fully saturated rings. The topological polar surface area (TPSA) is 32.3 Å². The van der Waals surface area contributed by atoms with Gasteiger partial charge in [0.15, 0.2) is 0 Å². The van der Waals surface area contributed by atoms with Crippen molar-refractivity contribution in [3.8, 4) is 0 Å². The first kappa shape index (κ1) is 15.1. The molecule has 2 N–H and O–H groups in total. The molecule has 0 amide bonds. The van der Waals surface area contributed by atoms with E-state index in [2.05, 4.69) is 34.2 Å². The Balaban J connectivity index is 2.12. The molecule has 0 aliphatic rings. The molecule has 0 spiro atoms. The van der Waals surface area contributed by atoms with E-state index in [0.717, 1.165) is 22.1 Å². The number of anilines is 1. The summed E-state index contributed by atoms with van der Waals surface area (Å²) in [6.07, 6.45) is 0.954. The summed E-state index contributed by atoms with van der Waals surface area (Å²) >= 11 is 3.49. The lowest BCUT2D eigenvalue weighted by Crippen LogP contribution is -2.30. The summed E-state index contributed by atoms with van der Waals surface area (Å²) in [7, 11) is 0. The van der Waals surface area contributed by atoms with Gasteiger partial charge in [-0.1, -0.05) is 53.2 Å². The summed E-state index contributed by atoms with van der Waals surface area (Å²) in [5.74, 6) is 0. The zero-order valence-electron chi connectivity index (χ0n) is 11.9. The van der Waals surface area contributed by atoms with Gasteiger partial charge in [0.2, 0.25) is 0 Å². The molecule has 0 aromatic heterocycles. The predicted molar refractivity (Wildman–Crippen MR) is 88.0 cm³/mol. The third kappa shape index (κ3) is 3.62. The van der Waals surface area contributed by atoms with Crippen molar-refractivity contribution in [2.24, 2.45) is 0 Å². The van der Waals surface area contributed by atoms with E-state index in [0.29, 0.717) is 6.54 Å². The number of hydrogen-bond acceptors (Lipinski definition) is 2. The van der Waals surface area contributed by atoms with Crippen LogP contribution in [0.4, 0.5) is 5.69 Å². The van der Waals surface area contributed by atoms with Crippen LogP contribution in [0.5, 0.6) is 0 Å². The molecule has 2 aromatic carbocycles. The first-order valence-electron chi connectivity index (χ1n) is 6.83. The summed E-state index contributed by atoms with van der Waals surface area (Å²) in [4.78, 5) is 0. The van der Waals surface area contributed by atoms with Crippen LogP contribution in [0.15, 0.2) is 53.0 Å². The lowest BCUT2D eigenvalue weighted by molar-refractivity contribution is 0.0715. The van der Waals surface area contributed by atoms with E-state index in [1.54, 1.807) is 0 Å². The Morgan fingerprint density at radius 2 is 1.85 bits per heavy atom. The Labute approximate surface area is 129 Å². The molecule has 2 nitrogen and oxygen atoms in total. The maximum absolute atomic E-state index is 10.6. The normalized spacial score (nSPS) is 13.8. The minimum Gasteiger partial charge on any atom is -0.384 e. The quantitative estimate of drug-likeness (QED) is 0.853. The van der Waals surface area contributed by atoms with Gasteiger partial charge in [-0.15, -0.1) is 0 Å². The van der Waals surface area contributed by atoms with Gasteiger partial charge in [-0.2, -0.15) is 0 Å². The fourth-order valence-corrected chi connectivity index (χ4v) is 2.60. The smallest absolute Gasteiger partial charge is 0.104 e. The first-order chi connectivity index (χ1) is 9.53. The number of hydrogen-bond donors (Lipinski definition) is 2. The fourth-order valence-electron chi connectivity index (χ4n) is 2.19. The van der Waals surface area contributed by atoms with Gasteiger partial charge in [-0.3, -0.25) is 0 Å². The number of aryl methyl sites for hydroxylation is 1. The maximum Gasteiger partial charge on any atom is 0.104 e. The molecule has 106 valence electrons. The van der Waals surface area contributed by atoms with E-state index < -0.39 is 5.60 Å². The van der Waals surface area contributed by atoms with Crippen LogP contribution in [-0.4, -0.2) is 11.7 Å². The maximum atomic E-state index is 10.6. The Hall–Kier alpha value is -1.32. The Bertz CT molecular complexity index is 566. The Morgan fingerprint density at radius 3 is 2.50 bits per heavy atom. The summed E-state index contributed by atoms with van der Waals surface area (Å²) < 4.78 is 1.08. The second-order valence-electron chi connectivity index (χ2n) is 5.15. The highest BCUT2D eigenvalue weighted by molar-refractivity contribution is 9.10. The fraction of sp³-hybridized carbons (Fsp3) is 0.294. The molecule has 1 unspecified atom stereocenters. The zero-order valence-corrected chi connectivity index (χ0v) is 13.4. The summed E-state index contributed by atoms with van der Waals surface area (Å²) in [6, 6.07) is 15.9. The standard InChI is InChI=1S/C17H20BrNO/c1-3-13-11-15(18)9-10-16(13)19-12-17(2,20)14-7-5-4-6-8-14/h4-11,19-20H,3,12H2,1-2H3. The van der Waals surface area contributed by atoms with Crippen LogP contribution in [-0.2, 0) is 12.0 Å². The minimum atomic E-state index is -0.890. The Morgan fingerprint density at radius 1 is 1.15 bits per heavy atom. The molecule has 0 saturated heterocycles. The van der Waals surface area contributed by atoms with Gasteiger partial charge in [0.05, 0.1) is 0 Å². The van der Waals surface area contributed by atoms with Crippen LogP contribution in [0.2, 0.25) is 0 Å². The van der Waals surface area contributed by atoms with E-state index in [4.69, 9.17) is 0 Å². The number of rotatable bonds is 5. The highest BCUT2D eigenvalue weighted by Gasteiger charge is 2.22. The molecule has 0 aliphatic heterocycles. The van der Waals surface area contributed by atoms with E-state index in [1.165, 1.54) is 5.56 Å². The van der Waals surface area contributed by atoms with Gasteiger partial charge in [0, 0.05) is 16.7 Å². The summed E-state index contributed by atoms with van der Waals surface area (Å²) in [5.41, 5.74) is 2.34. The monoisotopic (exact) mass is 333 g/mol. The van der Waals surface area contributed by atoms with Gasteiger partial charge < -0.3 is 10.4 Å². The Kier molecular flexibility index (Phi) is 4.84. The molecule has 0 aliphatic carbocycles. The van der Waals surface area contributed by atoms with Gasteiger partial charge in [0.1, 0.15) is 5.60 Å². The van der Waals surface area contributed by atoms with Crippen LogP contribution in [0.3, 0.4) is 0 Å². The largest absolute Gasteiger partial charge is 0.384 e. The van der Waals surface area contributed by atoms with Crippen LogP contribution >= 0.6 is 15.9 Å². The van der Waals surface area contributed by atoms with Crippen LogP contribution in [0.25, 0.3) is 0 Å². The first-order valence-corrected chi connectivity index (χ1v) is 7.62. The van der Waals surface area contributed by atoms with Gasteiger partial charge >= 0.3 is 0 Å². The minimum absolute atomic E-state index is 0.478. The molecular formula is C17H20BrNO. The van der Waals surface area contributed by atoms with E-state index >= 15 is 0 Å². The average molecular weight is 334 g/mol. The SMILES string of the molecule is CCc1cc(Br)ccc1NCC(C)(O)c1ccccc1. The lowest BCUT2D eigenvalue weighted by Gasteiger charge is -2.25. The van der Waals surface area contributed by atoms with Crippen molar-refractivity contribution < 1.29 is 5.11 Å². The van der Waals surface area contributed by atoms with Gasteiger partial charge in [-0.05, 0) is 42.7 Å². The summed E-state index contributed by atoms with van der Waals surface area (Å²) in [6.45, 7) is 4.44. The molecule has 3 heteroatoms. The van der Waals surface area contributed by atoms with Gasteiger partial charge in [-0.25, -0.2) is 0 Å². The molecule has 1 atom stereocenters. The number of benzene rings is 2. The number of aliphatic hydroxyl groups is 1. The van der Waals surface area contributed by atoms with Crippen molar-refractivity contribution in [1.29, 1.82) is 0 Å². The molecule has 0 heterocycles. The number of nitrogens with one attached hydrogen (secondary N) is 1. The van der Waals surface area contributed by atoms with Crippen molar-refractivity contribution in [2.45, 2.75) is 25.9 Å². The van der Waals surface area contributed by atoms with Crippen LogP contribution in [0, 0.1) is 0 Å². The van der Waals surface area contributed by atoms with E-state index in [9.17, 15) is 5.11 Å². The molecule has 2 rings (SSSR count). The zero-order chi connectivity index (χ0) is 14.6. The lowest BCUT2D eigenvalue weighted by atomic mass is 9.96. The molecule has 0 saturated carbocycles. The molecule has 0 bridgehead atoms. The number of halogens is 1. The van der Waals surface area contributed by atoms with Crippen LogP contribution < -0.4 is 5.32 Å². The van der Waals surface area contributed by atoms with Crippen molar-refractivity contribution in [1.82, 2.24) is 0 Å². The third-order valence-electron chi connectivity index (χ3n) is 3.47. The summed E-state index contributed by atoms with van der Waals surface area (Å²) in [5, 5.41) is 14.0. The molecule has 0 radical (unpaired) electrons. The van der Waals surface area contributed by atoms with Crippen LogP contribution in [0.1, 0.15) is 25.0 Å². The van der Waals surface area contributed by atoms with Crippen molar-refractivity contribution in [3.05, 3.63) is 64.1 Å². The highest BCUT2D eigenvalue weighted by Crippen LogP contribution is 2.25. The third-order valence-corrected chi connectivity index (χ3v) is 3.96. The molecular weight excluding hydrogens is 314 g/mol. The molecule has 2 aromatic rings. The van der Waals surface area contributed by atoms with E-state index in [1.807, 2.05) is 49.4 Å². The van der Waals surface area contributed by atoms with Crippen molar-refractivity contribution in [2.75, 3.05) is 11.9 Å². The second kappa shape index (κ2) is 6.42. The predicted octanol–water partition coefficient (Wildman–Crippen LogP) is 4.33. The molecule has 20 heavy (non-hydrogen) atoms. The highest BCUT2D eigenvalue weighted by atomic mass is 79.9. The van der Waals surface area contributed by atoms with Crippen molar-refractivity contribution >= 4 is 21.6 Å². The van der Waals surface area contributed by atoms with Gasteiger partial charge in [0.25, 0.3) is 0 Å². The van der Waals surface area contributed by atoms with E-state index in [-0.39, 0.29) is 0 Å².